The SMILES string of the molecule is CC(C)CC(CN)Cc1nc2cc(F)ccc2n1C. The lowest BCUT2D eigenvalue weighted by Gasteiger charge is -2.16. The molecule has 2 N–H and O–H groups in total. The molecule has 0 amide bonds. The summed E-state index contributed by atoms with van der Waals surface area (Å²) < 4.78 is 15.2. The van der Waals surface area contributed by atoms with E-state index in [1.165, 1.54) is 12.1 Å². The molecular formula is C15H22FN3. The fourth-order valence-corrected chi connectivity index (χ4v) is 2.59. The number of hydrogen-bond donors (Lipinski definition) is 1. The van der Waals surface area contributed by atoms with Gasteiger partial charge in [0, 0.05) is 19.5 Å². The van der Waals surface area contributed by atoms with Gasteiger partial charge in [0.1, 0.15) is 11.6 Å². The molecule has 2 aromatic rings. The van der Waals surface area contributed by atoms with Crippen LogP contribution >= 0.6 is 0 Å². The Morgan fingerprint density at radius 3 is 2.74 bits per heavy atom. The number of aromatic nitrogens is 2. The van der Waals surface area contributed by atoms with E-state index in [0.29, 0.717) is 18.4 Å². The summed E-state index contributed by atoms with van der Waals surface area (Å²) in [5, 5.41) is 0. The molecule has 1 unspecified atom stereocenters. The molecule has 0 saturated carbocycles. The summed E-state index contributed by atoms with van der Waals surface area (Å²) in [7, 11) is 1.98. The Balaban J connectivity index is 2.27. The van der Waals surface area contributed by atoms with Gasteiger partial charge in [-0.2, -0.15) is 0 Å². The minimum absolute atomic E-state index is 0.241. The topological polar surface area (TPSA) is 43.8 Å². The first-order valence-corrected chi connectivity index (χ1v) is 6.82. The molecule has 0 aliphatic rings. The van der Waals surface area contributed by atoms with Gasteiger partial charge < -0.3 is 10.3 Å². The smallest absolute Gasteiger partial charge is 0.125 e. The van der Waals surface area contributed by atoms with Crippen molar-refractivity contribution in [2.75, 3.05) is 6.54 Å². The molecule has 3 nitrogen and oxygen atoms in total. The molecule has 0 spiro atoms. The maximum Gasteiger partial charge on any atom is 0.125 e. The molecule has 0 aliphatic heterocycles. The number of benzene rings is 1. The lowest BCUT2D eigenvalue weighted by Crippen LogP contribution is -2.20. The Hall–Kier alpha value is -1.42. The zero-order valence-corrected chi connectivity index (χ0v) is 11.9. The van der Waals surface area contributed by atoms with E-state index in [2.05, 4.69) is 18.8 Å². The zero-order chi connectivity index (χ0) is 14.0. The van der Waals surface area contributed by atoms with Gasteiger partial charge in [0.15, 0.2) is 0 Å². The van der Waals surface area contributed by atoms with Gasteiger partial charge in [-0.15, -0.1) is 0 Å². The van der Waals surface area contributed by atoms with Gasteiger partial charge in [0.05, 0.1) is 11.0 Å². The minimum atomic E-state index is -0.241. The van der Waals surface area contributed by atoms with Crippen molar-refractivity contribution in [3.63, 3.8) is 0 Å². The average molecular weight is 263 g/mol. The van der Waals surface area contributed by atoms with Crippen LogP contribution in [-0.2, 0) is 13.5 Å². The Kier molecular flexibility index (Phi) is 4.20. The van der Waals surface area contributed by atoms with E-state index in [4.69, 9.17) is 5.73 Å². The van der Waals surface area contributed by atoms with Gasteiger partial charge >= 0.3 is 0 Å². The number of fused-ring (bicyclic) bond motifs is 1. The van der Waals surface area contributed by atoms with Crippen molar-refractivity contribution in [2.45, 2.75) is 26.7 Å². The van der Waals surface area contributed by atoms with Crippen LogP contribution in [0.4, 0.5) is 4.39 Å². The van der Waals surface area contributed by atoms with Crippen molar-refractivity contribution in [3.05, 3.63) is 29.8 Å². The van der Waals surface area contributed by atoms with Gasteiger partial charge in [-0.25, -0.2) is 9.37 Å². The molecular weight excluding hydrogens is 241 g/mol. The third-order valence-corrected chi connectivity index (χ3v) is 3.54. The maximum absolute atomic E-state index is 13.2. The molecule has 0 aliphatic carbocycles. The predicted molar refractivity (Wildman–Crippen MR) is 76.4 cm³/mol. The van der Waals surface area contributed by atoms with E-state index in [1.54, 1.807) is 6.07 Å². The van der Waals surface area contributed by atoms with E-state index in [0.717, 1.165) is 29.7 Å². The first-order chi connectivity index (χ1) is 9.01. The summed E-state index contributed by atoms with van der Waals surface area (Å²) in [6.07, 6.45) is 1.94. The van der Waals surface area contributed by atoms with Gasteiger partial charge in [-0.3, -0.25) is 0 Å². The summed E-state index contributed by atoms with van der Waals surface area (Å²) in [6, 6.07) is 4.74. The number of nitrogens with zero attached hydrogens (tertiary/aromatic N) is 2. The summed E-state index contributed by atoms with van der Waals surface area (Å²) in [4.78, 5) is 4.54. The second kappa shape index (κ2) is 5.70. The average Bonchev–Trinajstić information content (AvgIpc) is 2.64. The lowest BCUT2D eigenvalue weighted by molar-refractivity contribution is 0.406. The van der Waals surface area contributed by atoms with E-state index < -0.39 is 0 Å². The van der Waals surface area contributed by atoms with Crippen LogP contribution in [0.2, 0.25) is 0 Å². The second-order valence-electron chi connectivity index (χ2n) is 5.66. The molecule has 0 bridgehead atoms. The standard InChI is InChI=1S/C15H22FN3/c1-10(2)6-11(9-17)7-15-18-13-8-12(16)4-5-14(13)19(15)3/h4-5,8,10-11H,6-7,9,17H2,1-3H3. The molecule has 1 atom stereocenters. The number of nitrogens with two attached hydrogens (primary N) is 1. The molecule has 19 heavy (non-hydrogen) atoms. The van der Waals surface area contributed by atoms with Crippen molar-refractivity contribution >= 4 is 11.0 Å². The molecule has 1 aromatic heterocycles. The molecule has 0 saturated heterocycles. The van der Waals surface area contributed by atoms with Crippen LogP contribution in [0, 0.1) is 17.7 Å². The highest BCUT2D eigenvalue weighted by molar-refractivity contribution is 5.75. The van der Waals surface area contributed by atoms with Crippen molar-refractivity contribution in [1.29, 1.82) is 0 Å². The van der Waals surface area contributed by atoms with Gasteiger partial charge in [-0.05, 0) is 36.9 Å². The van der Waals surface area contributed by atoms with Gasteiger partial charge in [0.2, 0.25) is 0 Å². The van der Waals surface area contributed by atoms with Crippen molar-refractivity contribution in [3.8, 4) is 0 Å². The number of rotatable bonds is 5. The Morgan fingerprint density at radius 1 is 1.37 bits per heavy atom. The lowest BCUT2D eigenvalue weighted by atomic mass is 9.94. The Morgan fingerprint density at radius 2 is 2.11 bits per heavy atom. The van der Waals surface area contributed by atoms with E-state index >= 15 is 0 Å². The summed E-state index contributed by atoms with van der Waals surface area (Å²) >= 11 is 0. The van der Waals surface area contributed by atoms with Crippen molar-refractivity contribution in [2.24, 2.45) is 24.6 Å². The van der Waals surface area contributed by atoms with E-state index in [1.807, 2.05) is 11.6 Å². The zero-order valence-electron chi connectivity index (χ0n) is 11.9. The molecule has 1 aromatic carbocycles. The monoisotopic (exact) mass is 263 g/mol. The third kappa shape index (κ3) is 3.13. The van der Waals surface area contributed by atoms with Crippen LogP contribution in [0.3, 0.4) is 0 Å². The van der Waals surface area contributed by atoms with Gasteiger partial charge in [-0.1, -0.05) is 13.8 Å². The normalized spacial score (nSPS) is 13.4. The summed E-state index contributed by atoms with van der Waals surface area (Å²) in [5.74, 6) is 1.80. The van der Waals surface area contributed by atoms with Crippen LogP contribution in [0.15, 0.2) is 18.2 Å². The van der Waals surface area contributed by atoms with Crippen LogP contribution in [0.5, 0.6) is 0 Å². The predicted octanol–water partition coefficient (Wildman–Crippen LogP) is 2.88. The molecule has 104 valence electrons. The Labute approximate surface area is 113 Å². The fraction of sp³-hybridized carbons (Fsp3) is 0.533. The first-order valence-electron chi connectivity index (χ1n) is 6.82. The highest BCUT2D eigenvalue weighted by Crippen LogP contribution is 2.20. The maximum atomic E-state index is 13.2. The summed E-state index contributed by atoms with van der Waals surface area (Å²) in [5.41, 5.74) is 7.53. The second-order valence-corrected chi connectivity index (χ2v) is 5.66. The third-order valence-electron chi connectivity index (χ3n) is 3.54. The number of halogens is 1. The molecule has 4 heteroatoms. The molecule has 0 fully saturated rings. The van der Waals surface area contributed by atoms with Crippen molar-refractivity contribution < 1.29 is 4.39 Å². The Bertz CT molecular complexity index is 560. The number of aryl methyl sites for hydroxylation is 1. The molecule has 0 radical (unpaired) electrons. The first kappa shape index (κ1) is 14.0. The number of hydrogen-bond acceptors (Lipinski definition) is 2. The summed E-state index contributed by atoms with van der Waals surface area (Å²) in [6.45, 7) is 5.07. The van der Waals surface area contributed by atoms with Crippen LogP contribution in [-0.4, -0.2) is 16.1 Å². The molecule has 2 rings (SSSR count). The highest BCUT2D eigenvalue weighted by atomic mass is 19.1. The largest absolute Gasteiger partial charge is 0.331 e. The molecule has 1 heterocycles. The van der Waals surface area contributed by atoms with Gasteiger partial charge in [0.25, 0.3) is 0 Å². The van der Waals surface area contributed by atoms with E-state index in [9.17, 15) is 4.39 Å². The van der Waals surface area contributed by atoms with Crippen LogP contribution in [0.25, 0.3) is 11.0 Å². The fourth-order valence-electron chi connectivity index (χ4n) is 2.59. The highest BCUT2D eigenvalue weighted by Gasteiger charge is 2.15. The minimum Gasteiger partial charge on any atom is -0.331 e. The quantitative estimate of drug-likeness (QED) is 0.901. The van der Waals surface area contributed by atoms with Crippen LogP contribution < -0.4 is 5.73 Å². The van der Waals surface area contributed by atoms with E-state index in [-0.39, 0.29) is 5.82 Å². The number of imidazole rings is 1. The van der Waals surface area contributed by atoms with Crippen molar-refractivity contribution in [1.82, 2.24) is 9.55 Å². The van der Waals surface area contributed by atoms with Crippen LogP contribution in [0.1, 0.15) is 26.1 Å².